The number of H-pyrrole nitrogens is 1. The topological polar surface area (TPSA) is 104 Å². The molecule has 0 bridgehead atoms. The van der Waals surface area contributed by atoms with Crippen LogP contribution in [0.3, 0.4) is 0 Å². The minimum absolute atomic E-state index is 0.116. The number of nitrogens with one attached hydrogen (secondary N) is 1. The Bertz CT molecular complexity index is 1010. The van der Waals surface area contributed by atoms with Gasteiger partial charge in [-0.3, -0.25) is 9.48 Å². The highest BCUT2D eigenvalue weighted by Crippen LogP contribution is 2.32. The largest absolute Gasteiger partial charge is 0.478 e. The summed E-state index contributed by atoms with van der Waals surface area (Å²) in [7, 11) is 0. The highest BCUT2D eigenvalue weighted by Gasteiger charge is 2.26. The van der Waals surface area contributed by atoms with Crippen molar-refractivity contribution in [1.29, 1.82) is 0 Å². The van der Waals surface area contributed by atoms with Gasteiger partial charge in [-0.05, 0) is 47.0 Å². The molecule has 0 unspecified atom stereocenters. The van der Waals surface area contributed by atoms with E-state index in [-0.39, 0.29) is 17.4 Å². The molecule has 3 heterocycles. The molecule has 146 valence electrons. The summed E-state index contributed by atoms with van der Waals surface area (Å²) in [5.41, 5.74) is 2.17. The predicted molar refractivity (Wildman–Crippen MR) is 106 cm³/mol. The van der Waals surface area contributed by atoms with Crippen molar-refractivity contribution in [2.75, 3.05) is 13.1 Å². The smallest absolute Gasteiger partial charge is 0.335 e. The zero-order chi connectivity index (χ0) is 19.7. The fraction of sp³-hybridized carbons (Fsp3) is 0.368. The Morgan fingerprint density at radius 1 is 1.32 bits per heavy atom. The molecule has 1 amide bonds. The lowest BCUT2D eigenvalue weighted by Gasteiger charge is -2.32. The van der Waals surface area contributed by atoms with Crippen molar-refractivity contribution in [1.82, 2.24) is 24.9 Å². The molecule has 2 N–H and O–H groups in total. The van der Waals surface area contributed by atoms with E-state index in [1.54, 1.807) is 29.2 Å². The molecular formula is C19H20BrN5O3. The average molecular weight is 446 g/mol. The van der Waals surface area contributed by atoms with E-state index in [0.29, 0.717) is 19.5 Å². The number of carbonyl (C=O) groups excluding carboxylic acids is 1. The van der Waals surface area contributed by atoms with E-state index >= 15 is 0 Å². The van der Waals surface area contributed by atoms with Crippen LogP contribution in [0.15, 0.2) is 35.1 Å². The second kappa shape index (κ2) is 7.75. The third-order valence-corrected chi connectivity index (χ3v) is 5.81. The third kappa shape index (κ3) is 3.80. The Morgan fingerprint density at radius 2 is 2.18 bits per heavy atom. The maximum absolute atomic E-state index is 12.6. The molecule has 1 aliphatic heterocycles. The number of likely N-dealkylation sites (tertiary alicyclic amines) is 1. The van der Waals surface area contributed by atoms with Crippen LogP contribution in [0.1, 0.15) is 41.2 Å². The van der Waals surface area contributed by atoms with E-state index in [2.05, 4.69) is 31.2 Å². The number of nitrogens with zero attached hydrogens (tertiary/aromatic N) is 4. The molecule has 1 aromatic carbocycles. The molecule has 1 saturated heterocycles. The van der Waals surface area contributed by atoms with Crippen molar-refractivity contribution in [3.63, 3.8) is 0 Å². The van der Waals surface area contributed by atoms with Crippen LogP contribution in [0.4, 0.5) is 0 Å². The summed E-state index contributed by atoms with van der Waals surface area (Å²) in [6.07, 6.45) is 5.68. The molecule has 8 nitrogen and oxygen atoms in total. The number of carboxylic acid groups (broad SMARTS) is 1. The molecule has 3 aromatic rings. The Hall–Kier alpha value is -2.68. The first-order valence-electron chi connectivity index (χ1n) is 9.18. The number of benzene rings is 1. The summed E-state index contributed by atoms with van der Waals surface area (Å²) in [6.45, 7) is 1.95. The van der Waals surface area contributed by atoms with E-state index < -0.39 is 5.97 Å². The number of aromatic amines is 1. The van der Waals surface area contributed by atoms with Gasteiger partial charge in [0.15, 0.2) is 0 Å². The van der Waals surface area contributed by atoms with Gasteiger partial charge < -0.3 is 15.0 Å². The standard InChI is InChI=1S/C19H20BrN5O3/c20-15-9-14(19(27)28)8-13-10-16(22-18(13)15)12-2-1-5-24(11-12)17(26)3-6-25-7-4-21-23-25/h4,7-10,12,22H,1-3,5-6,11H2,(H,27,28)/t12-/m0/s1. The highest BCUT2D eigenvalue weighted by atomic mass is 79.9. The maximum atomic E-state index is 12.6. The number of aromatic nitrogens is 4. The Labute approximate surface area is 169 Å². The molecular weight excluding hydrogens is 426 g/mol. The monoisotopic (exact) mass is 445 g/mol. The van der Waals surface area contributed by atoms with Crippen LogP contribution in [0.5, 0.6) is 0 Å². The summed E-state index contributed by atoms with van der Waals surface area (Å²) >= 11 is 3.46. The number of amides is 1. The van der Waals surface area contributed by atoms with Crippen molar-refractivity contribution >= 4 is 38.7 Å². The first kappa shape index (κ1) is 18.7. The van der Waals surface area contributed by atoms with Gasteiger partial charge in [-0.1, -0.05) is 5.21 Å². The second-order valence-corrected chi connectivity index (χ2v) is 7.90. The molecule has 4 rings (SSSR count). The van der Waals surface area contributed by atoms with Gasteiger partial charge >= 0.3 is 5.97 Å². The second-order valence-electron chi connectivity index (χ2n) is 7.05. The number of hydrogen-bond acceptors (Lipinski definition) is 4. The summed E-state index contributed by atoms with van der Waals surface area (Å²) in [5, 5.41) is 17.8. The maximum Gasteiger partial charge on any atom is 0.335 e. The van der Waals surface area contributed by atoms with E-state index in [1.807, 2.05) is 11.0 Å². The van der Waals surface area contributed by atoms with E-state index in [1.165, 1.54) is 0 Å². The molecule has 0 saturated carbocycles. The van der Waals surface area contributed by atoms with Crippen LogP contribution in [0, 0.1) is 0 Å². The molecule has 0 spiro atoms. The Morgan fingerprint density at radius 3 is 2.93 bits per heavy atom. The normalized spacial score (nSPS) is 17.2. The van der Waals surface area contributed by atoms with E-state index in [4.69, 9.17) is 0 Å². The SMILES string of the molecule is O=C(O)c1cc(Br)c2[nH]c([C@H]3CCCN(C(=O)CCn4ccnn4)C3)cc2c1. The first-order chi connectivity index (χ1) is 13.5. The number of aromatic carboxylic acids is 1. The lowest BCUT2D eigenvalue weighted by atomic mass is 9.94. The van der Waals surface area contributed by atoms with Crippen LogP contribution in [-0.4, -0.2) is 55.0 Å². The zero-order valence-corrected chi connectivity index (χ0v) is 16.7. The Kier molecular flexibility index (Phi) is 5.17. The highest BCUT2D eigenvalue weighted by molar-refractivity contribution is 9.10. The van der Waals surface area contributed by atoms with E-state index in [9.17, 15) is 14.7 Å². The van der Waals surface area contributed by atoms with Gasteiger partial charge in [0.1, 0.15) is 0 Å². The number of fused-ring (bicyclic) bond motifs is 1. The van der Waals surface area contributed by atoms with Crippen LogP contribution in [-0.2, 0) is 11.3 Å². The number of piperidine rings is 1. The molecule has 1 atom stereocenters. The van der Waals surface area contributed by atoms with Gasteiger partial charge in [-0.15, -0.1) is 5.10 Å². The first-order valence-corrected chi connectivity index (χ1v) is 9.98. The van der Waals surface area contributed by atoms with Gasteiger partial charge in [0, 0.05) is 47.2 Å². The lowest BCUT2D eigenvalue weighted by molar-refractivity contribution is -0.132. The average Bonchev–Trinajstić information content (AvgIpc) is 3.36. The van der Waals surface area contributed by atoms with Crippen LogP contribution in [0.2, 0.25) is 0 Å². The van der Waals surface area contributed by atoms with Crippen molar-refractivity contribution in [3.05, 3.63) is 46.3 Å². The number of halogens is 1. The van der Waals surface area contributed by atoms with Crippen LogP contribution < -0.4 is 0 Å². The number of carbonyl (C=O) groups is 2. The molecule has 28 heavy (non-hydrogen) atoms. The van der Waals surface area contributed by atoms with Gasteiger partial charge in [0.2, 0.25) is 5.91 Å². The van der Waals surface area contributed by atoms with Gasteiger partial charge in [-0.25, -0.2) is 4.79 Å². The fourth-order valence-corrected chi connectivity index (χ4v) is 4.32. The minimum Gasteiger partial charge on any atom is -0.478 e. The Balaban J connectivity index is 1.48. The lowest BCUT2D eigenvalue weighted by Crippen LogP contribution is -2.39. The fourth-order valence-electron chi connectivity index (χ4n) is 3.74. The number of rotatable bonds is 5. The molecule has 1 aliphatic rings. The zero-order valence-electron chi connectivity index (χ0n) is 15.1. The summed E-state index contributed by atoms with van der Waals surface area (Å²) in [4.78, 5) is 29.2. The van der Waals surface area contributed by atoms with Crippen molar-refractivity contribution in [3.8, 4) is 0 Å². The quantitative estimate of drug-likeness (QED) is 0.627. The number of hydrogen-bond donors (Lipinski definition) is 2. The van der Waals surface area contributed by atoms with E-state index in [0.717, 1.165) is 40.5 Å². The molecule has 1 fully saturated rings. The summed E-state index contributed by atoms with van der Waals surface area (Å²) in [6, 6.07) is 5.28. The molecule has 2 aromatic heterocycles. The minimum atomic E-state index is -0.952. The predicted octanol–water partition coefficient (Wildman–Crippen LogP) is 3.02. The molecule has 0 aliphatic carbocycles. The van der Waals surface area contributed by atoms with Crippen molar-refractivity contribution in [2.45, 2.75) is 31.7 Å². The number of aryl methyl sites for hydroxylation is 1. The third-order valence-electron chi connectivity index (χ3n) is 5.19. The van der Waals surface area contributed by atoms with Crippen LogP contribution >= 0.6 is 15.9 Å². The number of carboxylic acids is 1. The van der Waals surface area contributed by atoms with Crippen molar-refractivity contribution in [2.24, 2.45) is 0 Å². The van der Waals surface area contributed by atoms with Gasteiger partial charge in [-0.2, -0.15) is 0 Å². The molecule has 0 radical (unpaired) electrons. The summed E-state index contributed by atoms with van der Waals surface area (Å²) in [5.74, 6) is -0.630. The van der Waals surface area contributed by atoms with Crippen LogP contribution in [0.25, 0.3) is 10.9 Å². The van der Waals surface area contributed by atoms with Crippen molar-refractivity contribution < 1.29 is 14.7 Å². The molecule has 9 heteroatoms. The van der Waals surface area contributed by atoms with Gasteiger partial charge in [0.25, 0.3) is 0 Å². The van der Waals surface area contributed by atoms with Gasteiger partial charge in [0.05, 0.1) is 23.8 Å². The summed E-state index contributed by atoms with van der Waals surface area (Å²) < 4.78 is 2.39.